The first-order chi connectivity index (χ1) is 11.6. The van der Waals surface area contributed by atoms with Crippen LogP contribution in [0.2, 0.25) is 0 Å². The molecule has 0 aliphatic heterocycles. The van der Waals surface area contributed by atoms with Crippen LogP contribution in [-0.2, 0) is 35.4 Å². The monoisotopic (exact) mass is 340 g/mol. The molecular weight excluding hydrogens is 308 g/mol. The minimum Gasteiger partial charge on any atom is -0.392 e. The summed E-state index contributed by atoms with van der Waals surface area (Å²) in [6.45, 7) is 14.4. The van der Waals surface area contributed by atoms with Crippen molar-refractivity contribution < 1.29 is 9.84 Å². The van der Waals surface area contributed by atoms with Crippen molar-refractivity contribution >= 4 is 0 Å². The Morgan fingerprint density at radius 3 is 1.96 bits per heavy atom. The molecule has 0 heterocycles. The summed E-state index contributed by atoms with van der Waals surface area (Å²) in [5, 5.41) is 9.69. The highest BCUT2D eigenvalue weighted by molar-refractivity contribution is 5.36. The van der Waals surface area contributed by atoms with Crippen molar-refractivity contribution in [2.24, 2.45) is 0 Å². The second-order valence-electron chi connectivity index (χ2n) is 8.80. The Hall–Kier alpha value is -1.64. The molecule has 0 saturated heterocycles. The molecule has 2 heteroatoms. The van der Waals surface area contributed by atoms with Gasteiger partial charge in [-0.1, -0.05) is 84.0 Å². The fourth-order valence-corrected chi connectivity index (χ4v) is 3.26. The van der Waals surface area contributed by atoms with Gasteiger partial charge >= 0.3 is 0 Å². The van der Waals surface area contributed by atoms with Crippen LogP contribution in [0, 0.1) is 0 Å². The van der Waals surface area contributed by atoms with E-state index in [4.69, 9.17) is 4.74 Å². The maximum absolute atomic E-state index is 9.69. The highest BCUT2D eigenvalue weighted by atomic mass is 16.5. The first kappa shape index (κ1) is 19.7. The number of ether oxygens (including phenoxy) is 1. The molecule has 0 bridgehead atoms. The van der Waals surface area contributed by atoms with E-state index in [0.29, 0.717) is 13.2 Å². The fraction of sp³-hybridized carbons (Fsp3) is 0.478. The molecule has 0 saturated carbocycles. The normalized spacial score (nSPS) is 12.4. The van der Waals surface area contributed by atoms with Gasteiger partial charge in [-0.25, -0.2) is 0 Å². The third-order valence-electron chi connectivity index (χ3n) is 4.50. The van der Waals surface area contributed by atoms with E-state index in [9.17, 15) is 5.11 Å². The molecule has 2 aromatic carbocycles. The summed E-state index contributed by atoms with van der Waals surface area (Å²) in [7, 11) is 0. The van der Waals surface area contributed by atoms with E-state index >= 15 is 0 Å². The standard InChI is InChI=1S/C23H32O2/c1-22(2,3)20-10-8-7-9-18(20)16-25-15-17-11-12-21(23(4,5)6)19(13-17)14-24/h7-13,24H,14-16H2,1-6H3. The number of aliphatic hydroxyl groups is 1. The number of aliphatic hydroxyl groups excluding tert-OH is 1. The summed E-state index contributed by atoms with van der Waals surface area (Å²) in [6, 6.07) is 14.8. The number of benzene rings is 2. The van der Waals surface area contributed by atoms with E-state index in [0.717, 1.165) is 11.1 Å². The summed E-state index contributed by atoms with van der Waals surface area (Å²) in [5.41, 5.74) is 5.99. The van der Waals surface area contributed by atoms with Crippen molar-refractivity contribution in [1.82, 2.24) is 0 Å². The molecule has 0 fully saturated rings. The van der Waals surface area contributed by atoms with Gasteiger partial charge in [0.1, 0.15) is 0 Å². The van der Waals surface area contributed by atoms with Gasteiger partial charge in [0.15, 0.2) is 0 Å². The summed E-state index contributed by atoms with van der Waals surface area (Å²) >= 11 is 0. The highest BCUT2D eigenvalue weighted by Gasteiger charge is 2.19. The Labute approximate surface area is 152 Å². The van der Waals surface area contributed by atoms with Gasteiger partial charge < -0.3 is 9.84 Å². The zero-order chi connectivity index (χ0) is 18.7. The lowest BCUT2D eigenvalue weighted by Gasteiger charge is -2.23. The topological polar surface area (TPSA) is 29.5 Å². The highest BCUT2D eigenvalue weighted by Crippen LogP contribution is 2.28. The molecule has 0 amide bonds. The Morgan fingerprint density at radius 1 is 0.760 bits per heavy atom. The molecule has 0 unspecified atom stereocenters. The van der Waals surface area contributed by atoms with Crippen LogP contribution in [0.5, 0.6) is 0 Å². The van der Waals surface area contributed by atoms with Gasteiger partial charge in [0.05, 0.1) is 19.8 Å². The molecule has 136 valence electrons. The number of hydrogen-bond donors (Lipinski definition) is 1. The van der Waals surface area contributed by atoms with Gasteiger partial charge in [0, 0.05) is 0 Å². The van der Waals surface area contributed by atoms with Gasteiger partial charge in [0.2, 0.25) is 0 Å². The van der Waals surface area contributed by atoms with Crippen LogP contribution in [0.15, 0.2) is 42.5 Å². The van der Waals surface area contributed by atoms with E-state index in [1.54, 1.807) is 0 Å². The average Bonchev–Trinajstić information content (AvgIpc) is 2.53. The van der Waals surface area contributed by atoms with Crippen molar-refractivity contribution in [3.63, 3.8) is 0 Å². The third kappa shape index (κ3) is 5.17. The third-order valence-corrected chi connectivity index (χ3v) is 4.50. The molecule has 0 spiro atoms. The van der Waals surface area contributed by atoms with E-state index in [1.165, 1.54) is 16.7 Å². The Kier molecular flexibility index (Phi) is 6.08. The Bertz CT molecular complexity index is 703. The average molecular weight is 341 g/mol. The lowest BCUT2D eigenvalue weighted by atomic mass is 9.83. The van der Waals surface area contributed by atoms with Crippen molar-refractivity contribution in [3.8, 4) is 0 Å². The zero-order valence-electron chi connectivity index (χ0n) is 16.5. The summed E-state index contributed by atoms with van der Waals surface area (Å²) in [5.74, 6) is 0. The van der Waals surface area contributed by atoms with E-state index in [1.807, 2.05) is 0 Å². The lowest BCUT2D eigenvalue weighted by molar-refractivity contribution is 0.106. The fourth-order valence-electron chi connectivity index (χ4n) is 3.26. The van der Waals surface area contributed by atoms with Crippen LogP contribution in [0.1, 0.15) is 69.4 Å². The molecular formula is C23H32O2. The molecule has 2 nitrogen and oxygen atoms in total. The maximum Gasteiger partial charge on any atom is 0.0724 e. The quantitative estimate of drug-likeness (QED) is 0.780. The predicted octanol–water partition coefficient (Wildman–Crippen LogP) is 5.49. The molecule has 0 aliphatic carbocycles. The number of hydrogen-bond acceptors (Lipinski definition) is 2. The maximum atomic E-state index is 9.69. The molecule has 25 heavy (non-hydrogen) atoms. The molecule has 0 radical (unpaired) electrons. The van der Waals surface area contributed by atoms with Gasteiger partial charge in [-0.05, 0) is 38.6 Å². The smallest absolute Gasteiger partial charge is 0.0724 e. The van der Waals surface area contributed by atoms with Crippen molar-refractivity contribution in [2.75, 3.05) is 0 Å². The van der Waals surface area contributed by atoms with Crippen molar-refractivity contribution in [3.05, 3.63) is 70.3 Å². The Balaban J connectivity index is 2.09. The van der Waals surface area contributed by atoms with Crippen LogP contribution in [-0.4, -0.2) is 5.11 Å². The first-order valence-electron chi connectivity index (χ1n) is 9.02. The first-order valence-corrected chi connectivity index (χ1v) is 9.02. The molecule has 0 aromatic heterocycles. The van der Waals surface area contributed by atoms with Gasteiger partial charge in [-0.3, -0.25) is 0 Å². The van der Waals surface area contributed by atoms with Crippen molar-refractivity contribution in [2.45, 2.75) is 72.2 Å². The minimum atomic E-state index is 0.0309. The van der Waals surface area contributed by atoms with Gasteiger partial charge in [-0.15, -0.1) is 0 Å². The predicted molar refractivity (Wildman–Crippen MR) is 105 cm³/mol. The summed E-state index contributed by atoms with van der Waals surface area (Å²) < 4.78 is 5.98. The molecule has 2 rings (SSSR count). The second-order valence-corrected chi connectivity index (χ2v) is 8.80. The molecule has 0 aliphatic rings. The van der Waals surface area contributed by atoms with Crippen LogP contribution >= 0.6 is 0 Å². The van der Waals surface area contributed by atoms with E-state index < -0.39 is 0 Å². The van der Waals surface area contributed by atoms with Crippen LogP contribution in [0.25, 0.3) is 0 Å². The van der Waals surface area contributed by atoms with Crippen LogP contribution in [0.4, 0.5) is 0 Å². The molecule has 0 atom stereocenters. The van der Waals surface area contributed by atoms with Crippen LogP contribution in [0.3, 0.4) is 0 Å². The summed E-state index contributed by atoms with van der Waals surface area (Å²) in [6.07, 6.45) is 0. The SMILES string of the molecule is CC(C)(C)c1ccc(COCc2ccccc2C(C)(C)C)cc1CO. The zero-order valence-corrected chi connectivity index (χ0v) is 16.5. The number of rotatable bonds is 5. The summed E-state index contributed by atoms with van der Waals surface area (Å²) in [4.78, 5) is 0. The lowest BCUT2D eigenvalue weighted by Crippen LogP contribution is -2.15. The largest absolute Gasteiger partial charge is 0.392 e. The van der Waals surface area contributed by atoms with E-state index in [-0.39, 0.29) is 17.4 Å². The molecule has 2 aromatic rings. The molecule has 1 N–H and O–H groups in total. The van der Waals surface area contributed by atoms with Crippen LogP contribution < -0.4 is 0 Å². The second kappa shape index (κ2) is 7.72. The van der Waals surface area contributed by atoms with Gasteiger partial charge in [0.25, 0.3) is 0 Å². The van der Waals surface area contributed by atoms with Crippen molar-refractivity contribution in [1.29, 1.82) is 0 Å². The van der Waals surface area contributed by atoms with Gasteiger partial charge in [-0.2, -0.15) is 0 Å². The van der Waals surface area contributed by atoms with E-state index in [2.05, 4.69) is 84.0 Å². The minimum absolute atomic E-state index is 0.0309. The Morgan fingerprint density at radius 2 is 1.36 bits per heavy atom.